The normalized spacial score (nSPS) is 17.8. The average Bonchev–Trinajstić information content (AvgIpc) is 2.31. The van der Waals surface area contributed by atoms with Gasteiger partial charge in [0, 0.05) is 33.1 Å². The number of aliphatic hydroxyl groups is 1. The van der Waals surface area contributed by atoms with Crippen LogP contribution >= 0.6 is 24.8 Å². The summed E-state index contributed by atoms with van der Waals surface area (Å²) in [6.45, 7) is 5.89. The molecule has 1 fully saturated rings. The van der Waals surface area contributed by atoms with Gasteiger partial charge in [-0.1, -0.05) is 0 Å². The standard InChI is InChI=1S/C13H27N3O2.2ClH/c1-11(17)9-16-7-4-12(5-8-16)10-15(2)13(18)3-6-14;;/h11-12,17H,3-10,14H2,1-2H3;2*1H. The minimum absolute atomic E-state index is 0. The average molecular weight is 330 g/mol. The van der Waals surface area contributed by atoms with Gasteiger partial charge >= 0.3 is 0 Å². The highest BCUT2D eigenvalue weighted by Gasteiger charge is 2.22. The molecule has 1 amide bonds. The van der Waals surface area contributed by atoms with Crippen LogP contribution in [0.1, 0.15) is 26.2 Å². The van der Waals surface area contributed by atoms with Gasteiger partial charge in [-0.05, 0) is 38.8 Å². The topological polar surface area (TPSA) is 69.8 Å². The fourth-order valence-electron chi connectivity index (χ4n) is 2.53. The van der Waals surface area contributed by atoms with E-state index in [1.165, 1.54) is 0 Å². The van der Waals surface area contributed by atoms with Crippen LogP contribution < -0.4 is 5.73 Å². The van der Waals surface area contributed by atoms with Gasteiger partial charge in [-0.2, -0.15) is 0 Å². The van der Waals surface area contributed by atoms with E-state index in [1.54, 1.807) is 0 Å². The maximum Gasteiger partial charge on any atom is 0.223 e. The molecule has 1 heterocycles. The van der Waals surface area contributed by atoms with Crippen molar-refractivity contribution < 1.29 is 9.90 Å². The predicted octanol–water partition coefficient (Wildman–Crippen LogP) is 0.730. The fraction of sp³-hybridized carbons (Fsp3) is 0.923. The smallest absolute Gasteiger partial charge is 0.223 e. The summed E-state index contributed by atoms with van der Waals surface area (Å²) < 4.78 is 0. The lowest BCUT2D eigenvalue weighted by Gasteiger charge is -2.34. The molecule has 1 aliphatic rings. The van der Waals surface area contributed by atoms with Crippen molar-refractivity contribution in [1.29, 1.82) is 0 Å². The van der Waals surface area contributed by atoms with Gasteiger partial charge in [0.25, 0.3) is 0 Å². The van der Waals surface area contributed by atoms with E-state index in [-0.39, 0.29) is 36.8 Å². The van der Waals surface area contributed by atoms with Crippen LogP contribution in [0, 0.1) is 5.92 Å². The Balaban J connectivity index is 0. The van der Waals surface area contributed by atoms with Gasteiger partial charge < -0.3 is 20.6 Å². The summed E-state index contributed by atoms with van der Waals surface area (Å²) >= 11 is 0. The van der Waals surface area contributed by atoms with E-state index < -0.39 is 0 Å². The minimum Gasteiger partial charge on any atom is -0.392 e. The van der Waals surface area contributed by atoms with E-state index >= 15 is 0 Å². The Morgan fingerprint density at radius 2 is 1.95 bits per heavy atom. The van der Waals surface area contributed by atoms with Gasteiger partial charge in [0.05, 0.1) is 6.10 Å². The van der Waals surface area contributed by atoms with Crippen molar-refractivity contribution in [3.05, 3.63) is 0 Å². The molecule has 1 unspecified atom stereocenters. The summed E-state index contributed by atoms with van der Waals surface area (Å²) in [5, 5.41) is 9.34. The Morgan fingerprint density at radius 3 is 2.40 bits per heavy atom. The van der Waals surface area contributed by atoms with Crippen LogP contribution in [-0.2, 0) is 4.79 Å². The summed E-state index contributed by atoms with van der Waals surface area (Å²) in [6, 6.07) is 0. The number of hydrogen-bond donors (Lipinski definition) is 2. The van der Waals surface area contributed by atoms with Crippen LogP contribution in [-0.4, -0.2) is 66.7 Å². The molecule has 122 valence electrons. The van der Waals surface area contributed by atoms with Crippen LogP contribution in [0.3, 0.4) is 0 Å². The van der Waals surface area contributed by atoms with Gasteiger partial charge in [0.2, 0.25) is 5.91 Å². The first-order valence-electron chi connectivity index (χ1n) is 6.87. The second kappa shape index (κ2) is 11.6. The molecule has 7 heteroatoms. The molecule has 1 aliphatic heterocycles. The molecule has 20 heavy (non-hydrogen) atoms. The molecular formula is C13H29Cl2N3O2. The summed E-state index contributed by atoms with van der Waals surface area (Å²) in [6.07, 6.45) is 2.40. The largest absolute Gasteiger partial charge is 0.392 e. The van der Waals surface area contributed by atoms with Crippen molar-refractivity contribution >= 4 is 30.7 Å². The number of β-amino-alcohol motifs (C(OH)–C–C–N with tert-alkyl or cyclic N) is 1. The van der Waals surface area contributed by atoms with Crippen LogP contribution in [0.25, 0.3) is 0 Å². The number of likely N-dealkylation sites (tertiary alicyclic amines) is 1. The molecule has 1 rings (SSSR count). The number of hydrogen-bond acceptors (Lipinski definition) is 4. The van der Waals surface area contributed by atoms with E-state index in [2.05, 4.69) is 4.90 Å². The molecule has 1 saturated heterocycles. The first-order valence-corrected chi connectivity index (χ1v) is 6.87. The third-order valence-electron chi connectivity index (χ3n) is 3.55. The van der Waals surface area contributed by atoms with Gasteiger partial charge in [-0.25, -0.2) is 0 Å². The Labute approximate surface area is 134 Å². The molecule has 1 atom stereocenters. The lowest BCUT2D eigenvalue weighted by molar-refractivity contribution is -0.130. The summed E-state index contributed by atoms with van der Waals surface area (Å²) in [7, 11) is 1.86. The van der Waals surface area contributed by atoms with Gasteiger partial charge in [0.1, 0.15) is 0 Å². The zero-order chi connectivity index (χ0) is 13.5. The molecule has 0 saturated carbocycles. The molecule has 0 bridgehead atoms. The van der Waals surface area contributed by atoms with Crippen molar-refractivity contribution in [3.8, 4) is 0 Å². The van der Waals surface area contributed by atoms with Gasteiger partial charge in [-0.15, -0.1) is 24.8 Å². The number of amides is 1. The zero-order valence-electron chi connectivity index (χ0n) is 12.5. The van der Waals surface area contributed by atoms with Crippen molar-refractivity contribution in [2.75, 3.05) is 39.8 Å². The second-order valence-corrected chi connectivity index (χ2v) is 5.41. The number of aliphatic hydroxyl groups excluding tert-OH is 1. The van der Waals surface area contributed by atoms with Gasteiger partial charge in [0.15, 0.2) is 0 Å². The Hall–Kier alpha value is -0.0700. The summed E-state index contributed by atoms with van der Waals surface area (Å²) in [5.41, 5.74) is 5.39. The highest BCUT2D eigenvalue weighted by atomic mass is 35.5. The Morgan fingerprint density at radius 1 is 1.40 bits per heavy atom. The third-order valence-corrected chi connectivity index (χ3v) is 3.55. The summed E-state index contributed by atoms with van der Waals surface area (Å²) in [4.78, 5) is 15.7. The van der Waals surface area contributed by atoms with Crippen molar-refractivity contribution in [2.24, 2.45) is 11.7 Å². The molecule has 0 aromatic carbocycles. The molecule has 0 radical (unpaired) electrons. The molecule has 5 nitrogen and oxygen atoms in total. The SMILES string of the molecule is CC(O)CN1CCC(CN(C)C(=O)CCN)CC1.Cl.Cl. The molecule has 0 aliphatic carbocycles. The molecule has 0 spiro atoms. The maximum absolute atomic E-state index is 11.6. The second-order valence-electron chi connectivity index (χ2n) is 5.41. The van der Waals surface area contributed by atoms with Crippen LogP contribution in [0.15, 0.2) is 0 Å². The van der Waals surface area contributed by atoms with E-state index in [1.807, 2.05) is 18.9 Å². The highest BCUT2D eigenvalue weighted by Crippen LogP contribution is 2.18. The molecule has 3 N–H and O–H groups in total. The predicted molar refractivity (Wildman–Crippen MR) is 86.6 cm³/mol. The quantitative estimate of drug-likeness (QED) is 0.753. The van der Waals surface area contributed by atoms with Crippen LogP contribution in [0.5, 0.6) is 0 Å². The maximum atomic E-state index is 11.6. The summed E-state index contributed by atoms with van der Waals surface area (Å²) in [5.74, 6) is 0.728. The molecular weight excluding hydrogens is 301 g/mol. The van der Waals surface area contributed by atoms with Crippen LogP contribution in [0.2, 0.25) is 0 Å². The van der Waals surface area contributed by atoms with E-state index in [0.717, 1.165) is 39.0 Å². The van der Waals surface area contributed by atoms with E-state index in [4.69, 9.17) is 5.73 Å². The van der Waals surface area contributed by atoms with Crippen LogP contribution in [0.4, 0.5) is 0 Å². The number of nitrogens with zero attached hydrogens (tertiary/aromatic N) is 2. The molecule has 0 aromatic rings. The Bertz CT molecular complexity index is 260. The fourth-order valence-corrected chi connectivity index (χ4v) is 2.53. The highest BCUT2D eigenvalue weighted by molar-refractivity contribution is 5.85. The first-order chi connectivity index (χ1) is 8.52. The lowest BCUT2D eigenvalue weighted by Crippen LogP contribution is -2.41. The number of carbonyl (C=O) groups excluding carboxylic acids is 1. The molecule has 0 aromatic heterocycles. The van der Waals surface area contributed by atoms with E-state index in [9.17, 15) is 9.90 Å². The van der Waals surface area contributed by atoms with Crippen molar-refractivity contribution in [3.63, 3.8) is 0 Å². The number of carbonyl (C=O) groups is 1. The number of halogens is 2. The van der Waals surface area contributed by atoms with Crippen molar-refractivity contribution in [2.45, 2.75) is 32.3 Å². The minimum atomic E-state index is -0.254. The van der Waals surface area contributed by atoms with Gasteiger partial charge in [-0.3, -0.25) is 4.79 Å². The lowest BCUT2D eigenvalue weighted by atomic mass is 9.96. The number of piperidine rings is 1. The number of rotatable bonds is 6. The van der Waals surface area contributed by atoms with E-state index in [0.29, 0.717) is 18.9 Å². The monoisotopic (exact) mass is 329 g/mol. The zero-order valence-corrected chi connectivity index (χ0v) is 14.1. The third kappa shape index (κ3) is 8.27. The number of nitrogens with two attached hydrogens (primary N) is 1. The Kier molecular flexibility index (Phi) is 12.9. The van der Waals surface area contributed by atoms with Crippen molar-refractivity contribution in [1.82, 2.24) is 9.80 Å². The first kappa shape index (κ1) is 22.2.